The molecule has 3 heterocycles. The first-order valence-corrected chi connectivity index (χ1v) is 12.1. The Morgan fingerprint density at radius 2 is 2.00 bits per heavy atom. The molecule has 2 aromatic heterocycles. The average Bonchev–Trinajstić information content (AvgIpc) is 3.31. The molecule has 1 atom stereocenters. The Hall–Kier alpha value is -3.56. The molecular weight excluding hydrogens is 466 g/mol. The van der Waals surface area contributed by atoms with E-state index in [1.165, 1.54) is 23.2 Å². The second kappa shape index (κ2) is 11.2. The van der Waals surface area contributed by atoms with Crippen molar-refractivity contribution in [3.63, 3.8) is 0 Å². The monoisotopic (exact) mass is 493 g/mol. The molecule has 8 nitrogen and oxygen atoms in total. The highest BCUT2D eigenvalue weighted by molar-refractivity contribution is 7.12. The lowest BCUT2D eigenvalue weighted by Gasteiger charge is -2.24. The van der Waals surface area contributed by atoms with Crippen molar-refractivity contribution in [3.8, 4) is 5.75 Å². The van der Waals surface area contributed by atoms with Crippen molar-refractivity contribution >= 4 is 28.9 Å². The lowest BCUT2D eigenvalue weighted by molar-refractivity contribution is -0.132. The molecule has 1 saturated heterocycles. The summed E-state index contributed by atoms with van der Waals surface area (Å²) >= 11 is 1.23. The van der Waals surface area contributed by atoms with Gasteiger partial charge in [0.15, 0.2) is 5.78 Å². The van der Waals surface area contributed by atoms with Crippen LogP contribution in [0.2, 0.25) is 0 Å². The van der Waals surface area contributed by atoms with E-state index in [2.05, 4.69) is 4.98 Å². The maximum Gasteiger partial charge on any atom is 0.255 e. The Kier molecular flexibility index (Phi) is 7.89. The summed E-state index contributed by atoms with van der Waals surface area (Å²) in [6.07, 6.45) is 1.28. The molecule has 1 aromatic carbocycles. The maximum atomic E-state index is 13.3. The minimum atomic E-state index is -0.411. The number of ether oxygens (including phenoxy) is 2. The fraction of sp³-hybridized carbons (Fsp3) is 0.308. The number of ketones is 1. The van der Waals surface area contributed by atoms with Gasteiger partial charge in [0.25, 0.3) is 5.91 Å². The van der Waals surface area contributed by atoms with Gasteiger partial charge in [0.05, 0.1) is 42.5 Å². The highest BCUT2D eigenvalue weighted by atomic mass is 32.1. The quantitative estimate of drug-likeness (QED) is 0.447. The summed E-state index contributed by atoms with van der Waals surface area (Å²) in [6, 6.07) is 14.7. The highest BCUT2D eigenvalue weighted by Crippen LogP contribution is 2.20. The maximum absolute atomic E-state index is 13.3. The Morgan fingerprint density at radius 3 is 2.71 bits per heavy atom. The molecule has 1 aliphatic rings. The average molecular weight is 494 g/mol. The number of amides is 2. The lowest BCUT2D eigenvalue weighted by atomic mass is 10.2. The molecule has 2 amide bonds. The van der Waals surface area contributed by atoms with Gasteiger partial charge in [-0.2, -0.15) is 0 Å². The van der Waals surface area contributed by atoms with Crippen molar-refractivity contribution in [2.24, 2.45) is 0 Å². The van der Waals surface area contributed by atoms with Crippen molar-refractivity contribution in [2.75, 3.05) is 26.7 Å². The summed E-state index contributed by atoms with van der Waals surface area (Å²) < 4.78 is 11.5. The summed E-state index contributed by atoms with van der Waals surface area (Å²) in [7, 11) is 1.61. The summed E-state index contributed by atoms with van der Waals surface area (Å²) in [5.74, 6) is 0.159. The molecule has 0 unspecified atom stereocenters. The van der Waals surface area contributed by atoms with E-state index in [1.807, 2.05) is 42.5 Å². The van der Waals surface area contributed by atoms with Crippen LogP contribution in [0, 0.1) is 0 Å². The molecule has 35 heavy (non-hydrogen) atoms. The summed E-state index contributed by atoms with van der Waals surface area (Å²) in [6.45, 7) is 2.60. The van der Waals surface area contributed by atoms with Gasteiger partial charge in [-0.15, -0.1) is 11.3 Å². The van der Waals surface area contributed by atoms with Crippen LogP contribution in [0.3, 0.4) is 0 Å². The molecule has 0 saturated carbocycles. The van der Waals surface area contributed by atoms with Crippen LogP contribution in [-0.2, 0) is 22.7 Å². The lowest BCUT2D eigenvalue weighted by Crippen LogP contribution is -2.39. The molecule has 1 fully saturated rings. The predicted octanol–water partition coefficient (Wildman–Crippen LogP) is 3.42. The topological polar surface area (TPSA) is 89.0 Å². The Bertz CT molecular complexity index is 1200. The molecular formula is C26H27N3O5S. The molecule has 0 spiro atoms. The second-order valence-electron chi connectivity index (χ2n) is 8.32. The van der Waals surface area contributed by atoms with Crippen molar-refractivity contribution in [1.29, 1.82) is 0 Å². The first kappa shape index (κ1) is 24.6. The Balaban J connectivity index is 1.54. The number of Topliss-reactive ketones (excluding diaryl/α,β-unsaturated/α-hetero) is 1. The van der Waals surface area contributed by atoms with E-state index in [-0.39, 0.29) is 30.7 Å². The highest BCUT2D eigenvalue weighted by Gasteiger charge is 2.32. The number of hydrogen-bond donors (Lipinski definition) is 0. The van der Waals surface area contributed by atoms with Gasteiger partial charge in [-0.3, -0.25) is 19.4 Å². The van der Waals surface area contributed by atoms with E-state index in [1.54, 1.807) is 29.7 Å². The number of methoxy groups -OCH3 is 1. The summed E-state index contributed by atoms with van der Waals surface area (Å²) in [5.41, 5.74) is 2.09. The number of hydrogen-bond acceptors (Lipinski definition) is 7. The van der Waals surface area contributed by atoms with Crippen molar-refractivity contribution in [1.82, 2.24) is 14.8 Å². The first-order chi connectivity index (χ1) is 16.9. The molecule has 0 N–H and O–H groups in total. The van der Waals surface area contributed by atoms with E-state index >= 15 is 0 Å². The van der Waals surface area contributed by atoms with Crippen molar-refractivity contribution in [2.45, 2.75) is 26.2 Å². The molecule has 4 rings (SSSR count). The molecule has 3 aromatic rings. The van der Waals surface area contributed by atoms with Gasteiger partial charge < -0.3 is 19.3 Å². The van der Waals surface area contributed by atoms with Crippen LogP contribution in [0.25, 0.3) is 0 Å². The number of rotatable bonds is 8. The Morgan fingerprint density at radius 1 is 1.14 bits per heavy atom. The normalized spacial score (nSPS) is 16.2. The number of thiophene rings is 1. The predicted molar refractivity (Wildman–Crippen MR) is 131 cm³/mol. The Labute approximate surface area is 208 Å². The zero-order valence-corrected chi connectivity index (χ0v) is 20.5. The third-order valence-electron chi connectivity index (χ3n) is 5.71. The number of carbonyl (C=O) groups is 3. The minimum absolute atomic E-state index is 0.0735. The van der Waals surface area contributed by atoms with Gasteiger partial charge in [-0.05, 0) is 42.8 Å². The van der Waals surface area contributed by atoms with E-state index < -0.39 is 6.10 Å². The SMILES string of the molecule is COc1cccc(CO[C@H]2CN(Cc3ccccn3)C(=O)CN(C(=O)c3csc(C(C)=O)c3)C2)c1. The van der Waals surface area contributed by atoms with Crippen LogP contribution in [0.1, 0.15) is 38.2 Å². The smallest absolute Gasteiger partial charge is 0.255 e. The number of pyridine rings is 1. The van der Waals surface area contributed by atoms with E-state index in [0.29, 0.717) is 30.1 Å². The third-order valence-corrected chi connectivity index (χ3v) is 6.74. The van der Waals surface area contributed by atoms with E-state index in [4.69, 9.17) is 9.47 Å². The fourth-order valence-corrected chi connectivity index (χ4v) is 4.65. The number of benzene rings is 1. The fourth-order valence-electron chi connectivity index (χ4n) is 3.87. The molecule has 182 valence electrons. The van der Waals surface area contributed by atoms with Crippen molar-refractivity contribution < 1.29 is 23.9 Å². The van der Waals surface area contributed by atoms with Crippen LogP contribution in [0.15, 0.2) is 60.1 Å². The van der Waals surface area contributed by atoms with E-state index in [0.717, 1.165) is 17.0 Å². The molecule has 0 bridgehead atoms. The minimum Gasteiger partial charge on any atom is -0.497 e. The molecule has 9 heteroatoms. The molecule has 1 aliphatic heterocycles. The van der Waals surface area contributed by atoms with Crippen LogP contribution in [-0.4, -0.2) is 65.2 Å². The van der Waals surface area contributed by atoms with Crippen LogP contribution < -0.4 is 4.74 Å². The molecule has 0 radical (unpaired) electrons. The number of aromatic nitrogens is 1. The number of nitrogens with zero attached hydrogens (tertiary/aromatic N) is 3. The van der Waals surface area contributed by atoms with Gasteiger partial charge in [0.1, 0.15) is 12.3 Å². The third kappa shape index (κ3) is 6.32. The van der Waals surface area contributed by atoms with E-state index in [9.17, 15) is 14.4 Å². The van der Waals surface area contributed by atoms with Crippen LogP contribution >= 0.6 is 11.3 Å². The zero-order valence-electron chi connectivity index (χ0n) is 19.7. The first-order valence-electron chi connectivity index (χ1n) is 11.2. The number of carbonyl (C=O) groups excluding carboxylic acids is 3. The standard InChI is InChI=1S/C26H27N3O5S/c1-18(30)24-11-20(17-35-24)26(32)29-14-23(34-16-19-6-5-8-22(10-19)33-2)13-28(25(31)15-29)12-21-7-3-4-9-27-21/h3-11,17,23H,12-16H2,1-2H3/t23-/m0/s1. The zero-order chi connectivity index (χ0) is 24.8. The van der Waals surface area contributed by atoms with Crippen molar-refractivity contribution in [3.05, 3.63) is 81.8 Å². The largest absolute Gasteiger partial charge is 0.497 e. The van der Waals surface area contributed by atoms with Gasteiger partial charge in [0.2, 0.25) is 5.91 Å². The van der Waals surface area contributed by atoms with Gasteiger partial charge in [0, 0.05) is 24.7 Å². The van der Waals surface area contributed by atoms with Crippen LogP contribution in [0.5, 0.6) is 5.75 Å². The summed E-state index contributed by atoms with van der Waals surface area (Å²) in [4.78, 5) is 46.2. The van der Waals surface area contributed by atoms with Gasteiger partial charge >= 0.3 is 0 Å². The van der Waals surface area contributed by atoms with Gasteiger partial charge in [-0.25, -0.2) is 0 Å². The van der Waals surface area contributed by atoms with Crippen LogP contribution in [0.4, 0.5) is 0 Å². The second-order valence-corrected chi connectivity index (χ2v) is 9.23. The molecule has 0 aliphatic carbocycles. The van der Waals surface area contributed by atoms with Gasteiger partial charge in [-0.1, -0.05) is 18.2 Å². The summed E-state index contributed by atoms with van der Waals surface area (Å²) in [5, 5.41) is 1.66.